The molecule has 1 N–H and O–H groups in total. The van der Waals surface area contributed by atoms with Gasteiger partial charge >= 0.3 is 0 Å². The molecule has 0 spiro atoms. The zero-order valence-corrected chi connectivity index (χ0v) is 10.7. The van der Waals surface area contributed by atoms with E-state index in [1.165, 1.54) is 0 Å². The summed E-state index contributed by atoms with van der Waals surface area (Å²) in [4.78, 5) is 13.3. The SMILES string of the molecule is CN1C(=O)Cc2cc(C(O)c3ccccc3)ccc21. The first-order valence-electron chi connectivity index (χ1n) is 6.29. The first-order chi connectivity index (χ1) is 9.16. The van der Waals surface area contributed by atoms with Gasteiger partial charge in [0, 0.05) is 12.7 Å². The van der Waals surface area contributed by atoms with Gasteiger partial charge in [0.05, 0.1) is 6.42 Å². The molecule has 0 aromatic heterocycles. The summed E-state index contributed by atoms with van der Waals surface area (Å²) >= 11 is 0. The third kappa shape index (κ3) is 2.02. The van der Waals surface area contributed by atoms with Crippen molar-refractivity contribution in [3.05, 3.63) is 65.2 Å². The van der Waals surface area contributed by atoms with Gasteiger partial charge in [-0.3, -0.25) is 4.79 Å². The molecular formula is C16H15NO2. The number of likely N-dealkylation sites (N-methyl/N-ethyl adjacent to an activating group) is 1. The van der Waals surface area contributed by atoms with Crippen molar-refractivity contribution in [3.63, 3.8) is 0 Å². The normalized spacial score (nSPS) is 15.5. The second kappa shape index (κ2) is 4.52. The number of aliphatic hydroxyl groups is 1. The molecule has 1 aliphatic heterocycles. The number of hydrogen-bond acceptors (Lipinski definition) is 2. The van der Waals surface area contributed by atoms with Gasteiger partial charge in [-0.2, -0.15) is 0 Å². The molecule has 1 atom stereocenters. The van der Waals surface area contributed by atoms with Crippen LogP contribution in [0.3, 0.4) is 0 Å². The summed E-state index contributed by atoms with van der Waals surface area (Å²) < 4.78 is 0. The lowest BCUT2D eigenvalue weighted by Gasteiger charge is -2.14. The Kier molecular flexibility index (Phi) is 2.84. The number of carbonyl (C=O) groups is 1. The van der Waals surface area contributed by atoms with Gasteiger partial charge in [-0.1, -0.05) is 42.5 Å². The van der Waals surface area contributed by atoms with Crippen LogP contribution in [0.2, 0.25) is 0 Å². The maximum Gasteiger partial charge on any atom is 0.231 e. The summed E-state index contributed by atoms with van der Waals surface area (Å²) in [5.41, 5.74) is 3.61. The van der Waals surface area contributed by atoms with E-state index in [9.17, 15) is 9.90 Å². The number of fused-ring (bicyclic) bond motifs is 1. The summed E-state index contributed by atoms with van der Waals surface area (Å²) in [6.07, 6.45) is -0.228. The molecule has 0 saturated carbocycles. The fraction of sp³-hybridized carbons (Fsp3) is 0.188. The monoisotopic (exact) mass is 253 g/mol. The molecule has 96 valence electrons. The average molecular weight is 253 g/mol. The molecule has 2 aromatic carbocycles. The van der Waals surface area contributed by atoms with Crippen molar-refractivity contribution in [1.82, 2.24) is 0 Å². The van der Waals surface area contributed by atoms with E-state index < -0.39 is 6.10 Å². The Labute approximate surface area is 112 Å². The summed E-state index contributed by atoms with van der Waals surface area (Å²) in [6.45, 7) is 0. The minimum atomic E-state index is -0.646. The molecule has 1 heterocycles. The molecular weight excluding hydrogens is 238 g/mol. The molecule has 0 radical (unpaired) electrons. The number of aliphatic hydroxyl groups excluding tert-OH is 1. The van der Waals surface area contributed by atoms with E-state index in [1.807, 2.05) is 48.5 Å². The standard InChI is InChI=1S/C16H15NO2/c1-17-14-8-7-12(9-13(14)10-15(17)18)16(19)11-5-3-2-4-6-11/h2-9,16,19H,10H2,1H3. The maximum atomic E-state index is 11.6. The van der Waals surface area contributed by atoms with Crippen LogP contribution in [0.1, 0.15) is 22.8 Å². The Morgan fingerprint density at radius 1 is 1.11 bits per heavy atom. The number of nitrogens with zero attached hydrogens (tertiary/aromatic N) is 1. The van der Waals surface area contributed by atoms with Gasteiger partial charge in [0.2, 0.25) is 5.91 Å². The Hall–Kier alpha value is -2.13. The number of anilines is 1. The van der Waals surface area contributed by atoms with E-state index >= 15 is 0 Å². The van der Waals surface area contributed by atoms with E-state index in [0.717, 1.165) is 22.4 Å². The highest BCUT2D eigenvalue weighted by Gasteiger charge is 2.24. The Morgan fingerprint density at radius 2 is 1.84 bits per heavy atom. The molecule has 2 aromatic rings. The third-order valence-corrected chi connectivity index (χ3v) is 3.61. The Bertz CT molecular complexity index is 622. The first-order valence-corrected chi connectivity index (χ1v) is 6.29. The average Bonchev–Trinajstić information content (AvgIpc) is 2.74. The maximum absolute atomic E-state index is 11.6. The predicted octanol–water partition coefficient (Wildman–Crippen LogP) is 2.29. The smallest absolute Gasteiger partial charge is 0.231 e. The topological polar surface area (TPSA) is 40.5 Å². The zero-order valence-electron chi connectivity index (χ0n) is 10.7. The van der Waals surface area contributed by atoms with Crippen molar-refractivity contribution in [2.24, 2.45) is 0 Å². The van der Waals surface area contributed by atoms with Crippen LogP contribution in [0.4, 0.5) is 5.69 Å². The largest absolute Gasteiger partial charge is 0.384 e. The van der Waals surface area contributed by atoms with Gasteiger partial charge in [0.1, 0.15) is 6.10 Å². The van der Waals surface area contributed by atoms with Crippen molar-refractivity contribution in [1.29, 1.82) is 0 Å². The van der Waals surface area contributed by atoms with Crippen molar-refractivity contribution in [3.8, 4) is 0 Å². The highest BCUT2D eigenvalue weighted by atomic mass is 16.3. The molecule has 1 amide bonds. The van der Waals surface area contributed by atoms with E-state index in [1.54, 1.807) is 11.9 Å². The van der Waals surface area contributed by atoms with Crippen LogP contribution in [0.25, 0.3) is 0 Å². The minimum absolute atomic E-state index is 0.0985. The first kappa shape index (κ1) is 11.9. The molecule has 0 bridgehead atoms. The van der Waals surface area contributed by atoms with Crippen molar-refractivity contribution in [2.75, 3.05) is 11.9 Å². The van der Waals surface area contributed by atoms with Crippen LogP contribution >= 0.6 is 0 Å². The van der Waals surface area contributed by atoms with E-state index in [2.05, 4.69) is 0 Å². The summed E-state index contributed by atoms with van der Waals surface area (Å²) in [5, 5.41) is 10.4. The molecule has 1 unspecified atom stereocenters. The zero-order chi connectivity index (χ0) is 13.4. The quantitative estimate of drug-likeness (QED) is 0.892. The summed E-state index contributed by atoms with van der Waals surface area (Å²) in [7, 11) is 1.78. The molecule has 3 rings (SSSR count). The van der Waals surface area contributed by atoms with Gasteiger partial charge in [-0.25, -0.2) is 0 Å². The number of rotatable bonds is 2. The molecule has 19 heavy (non-hydrogen) atoms. The fourth-order valence-corrected chi connectivity index (χ4v) is 2.49. The molecule has 0 fully saturated rings. The van der Waals surface area contributed by atoms with E-state index in [-0.39, 0.29) is 5.91 Å². The van der Waals surface area contributed by atoms with Crippen molar-refractivity contribution >= 4 is 11.6 Å². The Morgan fingerprint density at radius 3 is 2.58 bits per heavy atom. The molecule has 3 nitrogen and oxygen atoms in total. The van der Waals surface area contributed by atoms with Gasteiger partial charge < -0.3 is 10.0 Å². The van der Waals surface area contributed by atoms with Gasteiger partial charge in [-0.05, 0) is 22.8 Å². The predicted molar refractivity (Wildman–Crippen MR) is 74.1 cm³/mol. The summed E-state index contributed by atoms with van der Waals surface area (Å²) in [5.74, 6) is 0.0985. The van der Waals surface area contributed by atoms with Gasteiger partial charge in [0.15, 0.2) is 0 Å². The molecule has 3 heteroatoms. The molecule has 0 aliphatic carbocycles. The lowest BCUT2D eigenvalue weighted by molar-refractivity contribution is -0.117. The number of hydrogen-bond donors (Lipinski definition) is 1. The highest BCUT2D eigenvalue weighted by Crippen LogP contribution is 2.31. The third-order valence-electron chi connectivity index (χ3n) is 3.61. The van der Waals surface area contributed by atoms with Crippen LogP contribution in [-0.4, -0.2) is 18.1 Å². The second-order valence-electron chi connectivity index (χ2n) is 4.83. The van der Waals surface area contributed by atoms with Crippen LogP contribution < -0.4 is 4.90 Å². The number of amides is 1. The van der Waals surface area contributed by atoms with Crippen LogP contribution in [0.15, 0.2) is 48.5 Å². The Balaban J connectivity index is 1.96. The van der Waals surface area contributed by atoms with Crippen molar-refractivity contribution in [2.45, 2.75) is 12.5 Å². The lowest BCUT2D eigenvalue weighted by Crippen LogP contribution is -2.20. The van der Waals surface area contributed by atoms with Crippen LogP contribution in [0.5, 0.6) is 0 Å². The lowest BCUT2D eigenvalue weighted by atomic mass is 9.99. The van der Waals surface area contributed by atoms with Crippen LogP contribution in [-0.2, 0) is 11.2 Å². The molecule has 1 aliphatic rings. The fourth-order valence-electron chi connectivity index (χ4n) is 2.49. The van der Waals surface area contributed by atoms with E-state index in [0.29, 0.717) is 6.42 Å². The van der Waals surface area contributed by atoms with Gasteiger partial charge in [0.25, 0.3) is 0 Å². The summed E-state index contributed by atoms with van der Waals surface area (Å²) in [6, 6.07) is 15.2. The highest BCUT2D eigenvalue weighted by molar-refractivity contribution is 6.00. The minimum Gasteiger partial charge on any atom is -0.384 e. The second-order valence-corrected chi connectivity index (χ2v) is 4.83. The van der Waals surface area contributed by atoms with Gasteiger partial charge in [-0.15, -0.1) is 0 Å². The van der Waals surface area contributed by atoms with Crippen molar-refractivity contribution < 1.29 is 9.90 Å². The van der Waals surface area contributed by atoms with Crippen LogP contribution in [0, 0.1) is 0 Å². The molecule has 0 saturated heterocycles. The number of carbonyl (C=O) groups excluding carboxylic acids is 1. The van der Waals surface area contributed by atoms with E-state index in [4.69, 9.17) is 0 Å². The number of benzene rings is 2.